The number of carbonyl (C=O) groups excluding carboxylic acids is 1. The molecule has 0 saturated heterocycles. The predicted molar refractivity (Wildman–Crippen MR) is 85.8 cm³/mol. The number of halogens is 1. The van der Waals surface area contributed by atoms with Crippen LogP contribution in [0.15, 0.2) is 12.1 Å². The van der Waals surface area contributed by atoms with E-state index in [2.05, 4.69) is 4.98 Å². The van der Waals surface area contributed by atoms with Crippen LogP contribution in [-0.4, -0.2) is 40.1 Å². The summed E-state index contributed by atoms with van der Waals surface area (Å²) in [4.78, 5) is 18.7. The third-order valence-corrected chi connectivity index (χ3v) is 3.44. The van der Waals surface area contributed by atoms with E-state index < -0.39 is 0 Å². The summed E-state index contributed by atoms with van der Waals surface area (Å²) in [6.07, 6.45) is 0.564. The van der Waals surface area contributed by atoms with Crippen LogP contribution in [0, 0.1) is 0 Å². The molecule has 1 heterocycles. The summed E-state index contributed by atoms with van der Waals surface area (Å²) in [5.41, 5.74) is 1.17. The predicted octanol–water partition coefficient (Wildman–Crippen LogP) is 3.27. The lowest BCUT2D eigenvalue weighted by atomic mass is 9.90. The third kappa shape index (κ3) is 4.97. The highest BCUT2D eigenvalue weighted by molar-refractivity contribution is 6.29. The van der Waals surface area contributed by atoms with Gasteiger partial charge in [0.15, 0.2) is 0 Å². The molecular weight excluding hydrogens is 288 g/mol. The first-order chi connectivity index (χ1) is 9.66. The number of aliphatic hydroxyl groups is 1. The van der Waals surface area contributed by atoms with Crippen molar-refractivity contribution < 1.29 is 9.90 Å². The normalized spacial score (nSPS) is 11.8. The molecule has 5 heteroatoms. The highest BCUT2D eigenvalue weighted by Gasteiger charge is 2.22. The van der Waals surface area contributed by atoms with Gasteiger partial charge in [-0.1, -0.05) is 32.4 Å². The van der Waals surface area contributed by atoms with Gasteiger partial charge in [0.25, 0.3) is 5.91 Å². The molecule has 0 radical (unpaired) electrons. The van der Waals surface area contributed by atoms with E-state index in [9.17, 15) is 4.79 Å². The van der Waals surface area contributed by atoms with Gasteiger partial charge in [0.1, 0.15) is 5.15 Å². The number of nitrogens with zero attached hydrogens (tertiary/aromatic N) is 2. The second-order valence-corrected chi connectivity index (χ2v) is 6.87. The molecule has 21 heavy (non-hydrogen) atoms. The zero-order chi connectivity index (χ0) is 16.2. The summed E-state index contributed by atoms with van der Waals surface area (Å²) in [5, 5.41) is 9.31. The summed E-state index contributed by atoms with van der Waals surface area (Å²) in [7, 11) is 0. The number of aliphatic hydroxyl groups excluding tert-OH is 1. The van der Waals surface area contributed by atoms with Crippen LogP contribution in [0.5, 0.6) is 0 Å². The Morgan fingerprint density at radius 2 is 2.00 bits per heavy atom. The minimum absolute atomic E-state index is 0.0640. The fourth-order valence-electron chi connectivity index (χ4n) is 2.01. The van der Waals surface area contributed by atoms with Gasteiger partial charge in [-0.3, -0.25) is 4.79 Å². The second-order valence-electron chi connectivity index (χ2n) is 6.48. The molecule has 1 aromatic rings. The van der Waals surface area contributed by atoms with Crippen molar-refractivity contribution in [3.05, 3.63) is 28.5 Å². The molecule has 0 unspecified atom stereocenters. The Morgan fingerprint density at radius 3 is 2.48 bits per heavy atom. The first-order valence-corrected chi connectivity index (χ1v) is 7.64. The lowest BCUT2D eigenvalue weighted by molar-refractivity contribution is 0.0693. The van der Waals surface area contributed by atoms with Gasteiger partial charge in [-0.15, -0.1) is 0 Å². The number of carbonyl (C=O) groups is 1. The molecule has 0 fully saturated rings. The van der Waals surface area contributed by atoms with E-state index in [0.29, 0.717) is 23.7 Å². The molecule has 0 aliphatic carbocycles. The van der Waals surface area contributed by atoms with Crippen molar-refractivity contribution >= 4 is 17.5 Å². The van der Waals surface area contributed by atoms with Gasteiger partial charge in [0.05, 0.1) is 0 Å². The van der Waals surface area contributed by atoms with E-state index in [1.165, 1.54) is 0 Å². The maximum Gasteiger partial charge on any atom is 0.254 e. The Kier molecular flexibility index (Phi) is 6.17. The van der Waals surface area contributed by atoms with E-state index in [-0.39, 0.29) is 24.0 Å². The Morgan fingerprint density at radius 1 is 1.38 bits per heavy atom. The average Bonchev–Trinajstić information content (AvgIpc) is 2.36. The van der Waals surface area contributed by atoms with Gasteiger partial charge in [0.2, 0.25) is 0 Å². The molecule has 4 nitrogen and oxygen atoms in total. The van der Waals surface area contributed by atoms with Crippen molar-refractivity contribution in [2.45, 2.75) is 52.5 Å². The molecular formula is C16H25ClN2O2. The molecule has 0 saturated carbocycles. The topological polar surface area (TPSA) is 53.4 Å². The molecule has 0 aliphatic rings. The minimum atomic E-state index is -0.173. The summed E-state index contributed by atoms with van der Waals surface area (Å²) in [5.74, 6) is -0.0757. The first-order valence-electron chi connectivity index (χ1n) is 7.26. The van der Waals surface area contributed by atoms with Crippen LogP contribution in [0.3, 0.4) is 0 Å². The van der Waals surface area contributed by atoms with Crippen LogP contribution in [0.2, 0.25) is 5.15 Å². The smallest absolute Gasteiger partial charge is 0.254 e. The van der Waals surface area contributed by atoms with Gasteiger partial charge in [-0.2, -0.15) is 0 Å². The van der Waals surface area contributed by atoms with Crippen LogP contribution < -0.4 is 0 Å². The summed E-state index contributed by atoms with van der Waals surface area (Å²) in [6.45, 7) is 10.6. The number of hydrogen-bond acceptors (Lipinski definition) is 3. The lowest BCUT2D eigenvalue weighted by Crippen LogP contribution is -2.38. The Hall–Kier alpha value is -1.13. The van der Waals surface area contributed by atoms with Gasteiger partial charge in [-0.25, -0.2) is 4.98 Å². The summed E-state index contributed by atoms with van der Waals surface area (Å²) in [6, 6.07) is 3.48. The highest BCUT2D eigenvalue weighted by Crippen LogP contribution is 2.24. The maximum atomic E-state index is 12.7. The van der Waals surface area contributed by atoms with Crippen molar-refractivity contribution in [3.63, 3.8) is 0 Å². The van der Waals surface area contributed by atoms with Crippen molar-refractivity contribution in [2.24, 2.45) is 0 Å². The largest absolute Gasteiger partial charge is 0.396 e. The van der Waals surface area contributed by atoms with E-state index in [4.69, 9.17) is 16.7 Å². The first kappa shape index (κ1) is 17.9. The van der Waals surface area contributed by atoms with Crippen LogP contribution in [0.1, 0.15) is 57.1 Å². The van der Waals surface area contributed by atoms with Gasteiger partial charge >= 0.3 is 0 Å². The third-order valence-electron chi connectivity index (χ3n) is 3.25. The van der Waals surface area contributed by atoms with E-state index >= 15 is 0 Å². The molecule has 0 spiro atoms. The number of aromatic nitrogens is 1. The molecule has 1 N–H and O–H groups in total. The fourth-order valence-corrected chi connectivity index (χ4v) is 2.21. The van der Waals surface area contributed by atoms with Gasteiger partial charge < -0.3 is 10.0 Å². The zero-order valence-corrected chi connectivity index (χ0v) is 14.2. The van der Waals surface area contributed by atoms with Crippen LogP contribution in [0.4, 0.5) is 0 Å². The van der Waals surface area contributed by atoms with Crippen molar-refractivity contribution in [3.8, 4) is 0 Å². The van der Waals surface area contributed by atoms with Crippen LogP contribution in [0.25, 0.3) is 0 Å². The van der Waals surface area contributed by atoms with E-state index in [0.717, 1.165) is 5.69 Å². The molecule has 0 bridgehead atoms. The molecule has 0 aliphatic heterocycles. The zero-order valence-electron chi connectivity index (χ0n) is 13.5. The highest BCUT2D eigenvalue weighted by atomic mass is 35.5. The quantitative estimate of drug-likeness (QED) is 0.849. The van der Waals surface area contributed by atoms with Crippen molar-refractivity contribution in [1.82, 2.24) is 9.88 Å². The Bertz CT molecular complexity index is 496. The number of rotatable bonds is 5. The van der Waals surface area contributed by atoms with Gasteiger partial charge in [0, 0.05) is 35.9 Å². The monoisotopic (exact) mass is 312 g/mol. The number of pyridine rings is 1. The minimum Gasteiger partial charge on any atom is -0.396 e. The Balaban J connectivity index is 3.13. The number of amides is 1. The summed E-state index contributed by atoms with van der Waals surface area (Å²) >= 11 is 6.07. The van der Waals surface area contributed by atoms with Crippen LogP contribution in [-0.2, 0) is 5.41 Å². The van der Waals surface area contributed by atoms with E-state index in [1.807, 2.05) is 40.7 Å². The number of hydrogen-bond donors (Lipinski definition) is 1. The standard InChI is InChI=1S/C16H25ClN2O2/c1-11(2)19(7-6-8-20)15(21)12-9-13(16(3,4)5)18-14(17)10-12/h9-11,20H,6-8H2,1-5H3. The summed E-state index contributed by atoms with van der Waals surface area (Å²) < 4.78 is 0. The molecule has 0 aromatic carbocycles. The van der Waals surface area contributed by atoms with Crippen molar-refractivity contribution in [1.29, 1.82) is 0 Å². The average molecular weight is 313 g/mol. The molecule has 118 valence electrons. The second kappa shape index (κ2) is 7.23. The van der Waals surface area contributed by atoms with Crippen molar-refractivity contribution in [2.75, 3.05) is 13.2 Å². The van der Waals surface area contributed by atoms with Gasteiger partial charge in [-0.05, 0) is 32.4 Å². The van der Waals surface area contributed by atoms with Crippen LogP contribution >= 0.6 is 11.6 Å². The molecule has 1 aromatic heterocycles. The SMILES string of the molecule is CC(C)N(CCCO)C(=O)c1cc(Cl)nc(C(C)(C)C)c1. The molecule has 1 amide bonds. The van der Waals surface area contributed by atoms with E-state index in [1.54, 1.807) is 11.0 Å². The Labute approximate surface area is 132 Å². The molecule has 0 atom stereocenters. The molecule has 1 rings (SSSR count). The maximum absolute atomic E-state index is 12.7. The lowest BCUT2D eigenvalue weighted by Gasteiger charge is -2.27. The fraction of sp³-hybridized carbons (Fsp3) is 0.625.